The predicted molar refractivity (Wildman–Crippen MR) is 67.9 cm³/mol. The van der Waals surface area contributed by atoms with Crippen molar-refractivity contribution in [2.24, 2.45) is 0 Å². The normalized spacial score (nSPS) is 27.7. The molecule has 2 N–H and O–H groups in total. The molecule has 100 valence electrons. The fourth-order valence-electron chi connectivity index (χ4n) is 1.76. The van der Waals surface area contributed by atoms with Gasteiger partial charge in [-0.1, -0.05) is 29.3 Å². The third kappa shape index (κ3) is 3.15. The summed E-state index contributed by atoms with van der Waals surface area (Å²) in [6, 6.07) is 5.22. The maximum atomic E-state index is 9.56. The third-order valence-electron chi connectivity index (χ3n) is 2.85. The first-order valence-electron chi connectivity index (χ1n) is 5.58. The lowest BCUT2D eigenvalue weighted by Gasteiger charge is -2.15. The van der Waals surface area contributed by atoms with Gasteiger partial charge in [0.25, 0.3) is 0 Å². The number of hydrogen-bond acceptors (Lipinski definition) is 4. The lowest BCUT2D eigenvalue weighted by Crippen LogP contribution is -2.32. The Bertz CT molecular complexity index is 393. The van der Waals surface area contributed by atoms with E-state index in [1.807, 2.05) is 0 Å². The van der Waals surface area contributed by atoms with Crippen molar-refractivity contribution in [3.8, 4) is 0 Å². The second kappa shape index (κ2) is 6.19. The number of ether oxygens (including phenoxy) is 2. The summed E-state index contributed by atoms with van der Waals surface area (Å²) in [5.74, 6) is 0. The van der Waals surface area contributed by atoms with Crippen LogP contribution in [-0.2, 0) is 16.1 Å². The third-order valence-corrected chi connectivity index (χ3v) is 3.55. The fourth-order valence-corrected chi connectivity index (χ4v) is 2.27. The number of aliphatic hydroxyl groups excluding tert-OH is 2. The minimum Gasteiger partial charge on any atom is -0.388 e. The average molecular weight is 293 g/mol. The van der Waals surface area contributed by atoms with Crippen molar-refractivity contribution >= 4 is 23.2 Å². The van der Waals surface area contributed by atoms with E-state index in [9.17, 15) is 10.2 Å². The fraction of sp³-hybridized carbons (Fsp3) is 0.500. The van der Waals surface area contributed by atoms with Crippen molar-refractivity contribution in [1.29, 1.82) is 0 Å². The van der Waals surface area contributed by atoms with Gasteiger partial charge in [0.15, 0.2) is 0 Å². The van der Waals surface area contributed by atoms with E-state index in [1.54, 1.807) is 18.2 Å². The van der Waals surface area contributed by atoms with E-state index < -0.39 is 18.3 Å². The average Bonchev–Trinajstić information content (AvgIpc) is 2.65. The smallest absolute Gasteiger partial charge is 0.110 e. The molecule has 0 amide bonds. The van der Waals surface area contributed by atoms with Crippen molar-refractivity contribution in [3.63, 3.8) is 0 Å². The SMILES string of the molecule is OC1COC(COCc2c(Cl)cccc2Cl)C1O. The predicted octanol–water partition coefficient (Wildman–Crippen LogP) is 1.63. The van der Waals surface area contributed by atoms with Gasteiger partial charge in [-0.3, -0.25) is 0 Å². The Morgan fingerprint density at radius 1 is 1.28 bits per heavy atom. The summed E-state index contributed by atoms with van der Waals surface area (Å²) < 4.78 is 10.6. The molecule has 3 unspecified atom stereocenters. The van der Waals surface area contributed by atoms with Crippen LogP contribution < -0.4 is 0 Å². The summed E-state index contributed by atoms with van der Waals surface area (Å²) >= 11 is 12.0. The molecule has 1 fully saturated rings. The number of rotatable bonds is 4. The lowest BCUT2D eigenvalue weighted by atomic mass is 10.1. The van der Waals surface area contributed by atoms with Crippen molar-refractivity contribution in [3.05, 3.63) is 33.8 Å². The minimum atomic E-state index is -0.910. The molecule has 18 heavy (non-hydrogen) atoms. The van der Waals surface area contributed by atoms with Crippen LogP contribution in [0, 0.1) is 0 Å². The van der Waals surface area contributed by atoms with Crippen LogP contribution in [0.4, 0.5) is 0 Å². The highest BCUT2D eigenvalue weighted by Gasteiger charge is 2.34. The summed E-state index contributed by atoms with van der Waals surface area (Å²) in [5, 5.41) is 19.9. The molecule has 1 aliphatic rings. The molecule has 3 atom stereocenters. The van der Waals surface area contributed by atoms with E-state index in [4.69, 9.17) is 32.7 Å². The Morgan fingerprint density at radius 2 is 1.94 bits per heavy atom. The van der Waals surface area contributed by atoms with Gasteiger partial charge in [0.2, 0.25) is 0 Å². The summed E-state index contributed by atoms with van der Waals surface area (Å²) in [6.45, 7) is 0.545. The van der Waals surface area contributed by atoms with E-state index in [1.165, 1.54) is 0 Å². The molecule has 1 aromatic rings. The number of aliphatic hydroxyl groups is 2. The van der Waals surface area contributed by atoms with E-state index in [2.05, 4.69) is 0 Å². The Balaban J connectivity index is 1.86. The van der Waals surface area contributed by atoms with Crippen LogP contribution in [0.15, 0.2) is 18.2 Å². The molecular weight excluding hydrogens is 279 g/mol. The Morgan fingerprint density at radius 3 is 2.50 bits per heavy atom. The van der Waals surface area contributed by atoms with Crippen LogP contribution in [0.3, 0.4) is 0 Å². The second-order valence-electron chi connectivity index (χ2n) is 4.15. The molecule has 4 nitrogen and oxygen atoms in total. The molecular formula is C12H14Cl2O4. The zero-order valence-corrected chi connectivity index (χ0v) is 11.1. The topological polar surface area (TPSA) is 58.9 Å². The molecule has 1 heterocycles. The largest absolute Gasteiger partial charge is 0.388 e. The first-order chi connectivity index (χ1) is 8.59. The van der Waals surface area contributed by atoms with Crippen LogP contribution in [-0.4, -0.2) is 41.7 Å². The van der Waals surface area contributed by atoms with Crippen LogP contribution in [0.25, 0.3) is 0 Å². The number of halogens is 2. The molecule has 1 saturated heterocycles. The molecule has 2 rings (SSSR count). The first-order valence-corrected chi connectivity index (χ1v) is 6.33. The molecule has 1 aliphatic heterocycles. The monoisotopic (exact) mass is 292 g/mol. The second-order valence-corrected chi connectivity index (χ2v) is 4.96. The molecule has 0 spiro atoms. The van der Waals surface area contributed by atoms with Gasteiger partial charge in [0.1, 0.15) is 18.3 Å². The number of hydrogen-bond donors (Lipinski definition) is 2. The quantitative estimate of drug-likeness (QED) is 0.886. The molecule has 0 saturated carbocycles. The maximum Gasteiger partial charge on any atom is 0.110 e. The first kappa shape index (κ1) is 14.1. The minimum absolute atomic E-state index is 0.127. The van der Waals surface area contributed by atoms with Gasteiger partial charge in [-0.05, 0) is 12.1 Å². The maximum absolute atomic E-state index is 9.56. The molecule has 0 radical (unpaired) electrons. The number of benzene rings is 1. The highest BCUT2D eigenvalue weighted by atomic mass is 35.5. The van der Waals surface area contributed by atoms with Crippen LogP contribution >= 0.6 is 23.2 Å². The Hall–Kier alpha value is -0.360. The van der Waals surface area contributed by atoms with Crippen LogP contribution in [0.5, 0.6) is 0 Å². The zero-order chi connectivity index (χ0) is 13.1. The van der Waals surface area contributed by atoms with E-state index >= 15 is 0 Å². The standard InChI is InChI=1S/C12H14Cl2O4/c13-8-2-1-3-9(14)7(8)4-17-6-11-12(16)10(15)5-18-11/h1-3,10-12,15-16H,4-6H2. The van der Waals surface area contributed by atoms with Gasteiger partial charge >= 0.3 is 0 Å². The van der Waals surface area contributed by atoms with Gasteiger partial charge in [-0.15, -0.1) is 0 Å². The van der Waals surface area contributed by atoms with Crippen LogP contribution in [0.1, 0.15) is 5.56 Å². The van der Waals surface area contributed by atoms with Crippen molar-refractivity contribution in [2.45, 2.75) is 24.9 Å². The van der Waals surface area contributed by atoms with E-state index in [0.717, 1.165) is 0 Å². The highest BCUT2D eigenvalue weighted by Crippen LogP contribution is 2.25. The molecule has 0 bridgehead atoms. The lowest BCUT2D eigenvalue weighted by molar-refractivity contribution is -0.0344. The van der Waals surface area contributed by atoms with Gasteiger partial charge < -0.3 is 19.7 Å². The van der Waals surface area contributed by atoms with Crippen molar-refractivity contribution < 1.29 is 19.7 Å². The summed E-state index contributed by atoms with van der Waals surface area (Å²) in [5.41, 5.74) is 0.703. The summed E-state index contributed by atoms with van der Waals surface area (Å²) in [7, 11) is 0. The highest BCUT2D eigenvalue weighted by molar-refractivity contribution is 6.35. The summed E-state index contributed by atoms with van der Waals surface area (Å²) in [4.78, 5) is 0. The van der Waals surface area contributed by atoms with Gasteiger partial charge in [-0.25, -0.2) is 0 Å². The van der Waals surface area contributed by atoms with Crippen LogP contribution in [0.2, 0.25) is 10.0 Å². The molecule has 6 heteroatoms. The van der Waals surface area contributed by atoms with Gasteiger partial charge in [0, 0.05) is 15.6 Å². The molecule has 0 aliphatic carbocycles. The molecule has 1 aromatic carbocycles. The van der Waals surface area contributed by atoms with Gasteiger partial charge in [-0.2, -0.15) is 0 Å². The van der Waals surface area contributed by atoms with Crippen molar-refractivity contribution in [2.75, 3.05) is 13.2 Å². The van der Waals surface area contributed by atoms with Gasteiger partial charge in [0.05, 0.1) is 19.8 Å². The summed E-state index contributed by atoms with van der Waals surface area (Å²) in [6.07, 6.45) is -2.27. The molecule has 0 aromatic heterocycles. The van der Waals surface area contributed by atoms with Crippen molar-refractivity contribution in [1.82, 2.24) is 0 Å². The Kier molecular flexibility index (Phi) is 4.84. The Labute approximate surface area is 115 Å². The van der Waals surface area contributed by atoms with E-state index in [-0.39, 0.29) is 19.8 Å². The van der Waals surface area contributed by atoms with E-state index in [0.29, 0.717) is 15.6 Å². The zero-order valence-electron chi connectivity index (χ0n) is 9.55.